The van der Waals surface area contributed by atoms with Gasteiger partial charge in [0.1, 0.15) is 5.82 Å². The monoisotopic (exact) mass is 266 g/mol. The molecule has 0 aliphatic rings. The second-order valence-corrected chi connectivity index (χ2v) is 4.81. The van der Waals surface area contributed by atoms with E-state index in [1.54, 1.807) is 6.07 Å². The van der Waals surface area contributed by atoms with Crippen LogP contribution in [0.3, 0.4) is 0 Å². The molecule has 2 N–H and O–H groups in total. The Morgan fingerprint density at radius 1 is 1.37 bits per heavy atom. The van der Waals surface area contributed by atoms with E-state index in [2.05, 4.69) is 29.5 Å². The quantitative estimate of drug-likeness (QED) is 0.429. The van der Waals surface area contributed by atoms with Crippen molar-refractivity contribution in [2.75, 3.05) is 23.7 Å². The highest BCUT2D eigenvalue weighted by atomic mass is 16.6. The van der Waals surface area contributed by atoms with E-state index in [1.807, 2.05) is 6.92 Å². The molecule has 19 heavy (non-hydrogen) atoms. The molecule has 0 radical (unpaired) electrons. The fraction of sp³-hybridized carbons (Fsp3) is 0.615. The van der Waals surface area contributed by atoms with Gasteiger partial charge in [0.05, 0.1) is 4.92 Å². The van der Waals surface area contributed by atoms with Crippen molar-refractivity contribution in [2.45, 2.75) is 33.6 Å². The highest BCUT2D eigenvalue weighted by Gasteiger charge is 2.15. The number of nitrogens with zero attached hydrogens (tertiary/aromatic N) is 2. The largest absolute Gasteiger partial charge is 0.370 e. The number of pyridine rings is 1. The fourth-order valence-corrected chi connectivity index (χ4v) is 1.73. The van der Waals surface area contributed by atoms with Crippen molar-refractivity contribution < 1.29 is 4.92 Å². The molecule has 1 aromatic rings. The maximum absolute atomic E-state index is 10.9. The van der Waals surface area contributed by atoms with Crippen LogP contribution in [-0.2, 0) is 0 Å². The molecule has 0 saturated heterocycles. The van der Waals surface area contributed by atoms with E-state index in [1.165, 1.54) is 6.07 Å². The minimum Gasteiger partial charge on any atom is -0.370 e. The van der Waals surface area contributed by atoms with Crippen molar-refractivity contribution in [3.8, 4) is 0 Å². The van der Waals surface area contributed by atoms with E-state index in [-0.39, 0.29) is 5.69 Å². The summed E-state index contributed by atoms with van der Waals surface area (Å²) in [7, 11) is 0. The van der Waals surface area contributed by atoms with Crippen molar-refractivity contribution >= 4 is 17.3 Å². The van der Waals surface area contributed by atoms with Crippen LogP contribution in [0.4, 0.5) is 17.3 Å². The second-order valence-electron chi connectivity index (χ2n) is 4.81. The number of nitro groups is 1. The van der Waals surface area contributed by atoms with Crippen LogP contribution in [0.1, 0.15) is 33.6 Å². The number of hydrogen-bond donors (Lipinski definition) is 2. The van der Waals surface area contributed by atoms with Crippen LogP contribution in [0.25, 0.3) is 0 Å². The fourth-order valence-electron chi connectivity index (χ4n) is 1.73. The first-order valence-electron chi connectivity index (χ1n) is 6.67. The molecule has 0 aliphatic carbocycles. The predicted molar refractivity (Wildman–Crippen MR) is 77.6 cm³/mol. The molecule has 0 aliphatic heterocycles. The molecule has 0 unspecified atom stereocenters. The van der Waals surface area contributed by atoms with Gasteiger partial charge in [-0.25, -0.2) is 4.98 Å². The van der Waals surface area contributed by atoms with E-state index >= 15 is 0 Å². The standard InChI is InChI=1S/C13H22N4O2/c1-4-14-12-8-7-11(17(18)19)13(16-12)15-9-5-6-10(2)3/h7-8,10H,4-6,9H2,1-3H3,(H2,14,15,16). The molecule has 0 fully saturated rings. The lowest BCUT2D eigenvalue weighted by molar-refractivity contribution is -0.384. The van der Waals surface area contributed by atoms with E-state index in [4.69, 9.17) is 0 Å². The van der Waals surface area contributed by atoms with E-state index in [0.29, 0.717) is 24.1 Å². The van der Waals surface area contributed by atoms with Crippen LogP contribution < -0.4 is 10.6 Å². The normalized spacial score (nSPS) is 10.5. The summed E-state index contributed by atoms with van der Waals surface area (Å²) in [5.74, 6) is 1.63. The molecule has 0 bridgehead atoms. The van der Waals surface area contributed by atoms with Crippen molar-refractivity contribution in [3.05, 3.63) is 22.2 Å². The number of hydrogen-bond acceptors (Lipinski definition) is 5. The summed E-state index contributed by atoms with van der Waals surface area (Å²) in [5, 5.41) is 17.0. The van der Waals surface area contributed by atoms with Gasteiger partial charge >= 0.3 is 5.69 Å². The molecular formula is C13H22N4O2. The molecule has 6 nitrogen and oxygen atoms in total. The van der Waals surface area contributed by atoms with Crippen LogP contribution in [0.15, 0.2) is 12.1 Å². The first-order valence-corrected chi connectivity index (χ1v) is 6.67. The Labute approximate surface area is 113 Å². The lowest BCUT2D eigenvalue weighted by Gasteiger charge is -2.09. The molecule has 6 heteroatoms. The summed E-state index contributed by atoms with van der Waals surface area (Å²) >= 11 is 0. The highest BCUT2D eigenvalue weighted by Crippen LogP contribution is 2.24. The van der Waals surface area contributed by atoms with Crippen LogP contribution in [0, 0.1) is 16.0 Å². The number of rotatable bonds is 8. The van der Waals surface area contributed by atoms with Gasteiger partial charge in [0.15, 0.2) is 0 Å². The van der Waals surface area contributed by atoms with Gasteiger partial charge in [0.2, 0.25) is 5.82 Å². The lowest BCUT2D eigenvalue weighted by atomic mass is 10.1. The minimum atomic E-state index is -0.409. The van der Waals surface area contributed by atoms with Crippen LogP contribution in [0.2, 0.25) is 0 Å². The Bertz CT molecular complexity index is 421. The summed E-state index contributed by atoms with van der Waals surface area (Å²) in [5.41, 5.74) is 0.0196. The predicted octanol–water partition coefficient (Wildman–Crippen LogP) is 3.27. The third-order valence-electron chi connectivity index (χ3n) is 2.68. The van der Waals surface area contributed by atoms with Gasteiger partial charge in [-0.3, -0.25) is 10.1 Å². The van der Waals surface area contributed by atoms with Gasteiger partial charge in [-0.2, -0.15) is 0 Å². The first kappa shape index (κ1) is 15.2. The molecular weight excluding hydrogens is 244 g/mol. The summed E-state index contributed by atoms with van der Waals surface area (Å²) in [6.45, 7) is 7.71. The highest BCUT2D eigenvalue weighted by molar-refractivity contribution is 5.60. The smallest absolute Gasteiger partial charge is 0.311 e. The Kier molecular flexibility index (Phi) is 6.05. The Balaban J connectivity index is 2.71. The Hall–Kier alpha value is -1.85. The van der Waals surface area contributed by atoms with E-state index in [9.17, 15) is 10.1 Å². The number of anilines is 2. The van der Waals surface area contributed by atoms with Gasteiger partial charge in [-0.15, -0.1) is 0 Å². The zero-order valence-corrected chi connectivity index (χ0v) is 11.8. The lowest BCUT2D eigenvalue weighted by Crippen LogP contribution is -2.09. The van der Waals surface area contributed by atoms with E-state index < -0.39 is 4.92 Å². The molecule has 0 amide bonds. The van der Waals surface area contributed by atoms with Crippen molar-refractivity contribution in [1.82, 2.24) is 4.98 Å². The van der Waals surface area contributed by atoms with Gasteiger partial charge in [0.25, 0.3) is 0 Å². The van der Waals surface area contributed by atoms with Crippen LogP contribution in [-0.4, -0.2) is 23.0 Å². The maximum atomic E-state index is 10.9. The van der Waals surface area contributed by atoms with Crippen LogP contribution in [0.5, 0.6) is 0 Å². The molecule has 0 aromatic carbocycles. The maximum Gasteiger partial charge on any atom is 0.311 e. The summed E-state index contributed by atoms with van der Waals surface area (Å²) in [6, 6.07) is 3.11. The molecule has 0 saturated carbocycles. The number of aromatic nitrogens is 1. The summed E-state index contributed by atoms with van der Waals surface area (Å²) in [6.07, 6.45) is 2.07. The third-order valence-corrected chi connectivity index (χ3v) is 2.68. The van der Waals surface area contributed by atoms with Gasteiger partial charge < -0.3 is 10.6 Å². The van der Waals surface area contributed by atoms with Gasteiger partial charge in [-0.1, -0.05) is 13.8 Å². The second kappa shape index (κ2) is 7.56. The molecule has 0 spiro atoms. The van der Waals surface area contributed by atoms with Crippen molar-refractivity contribution in [2.24, 2.45) is 5.92 Å². The zero-order valence-electron chi connectivity index (χ0n) is 11.8. The Morgan fingerprint density at radius 2 is 2.11 bits per heavy atom. The zero-order chi connectivity index (χ0) is 14.3. The molecule has 106 valence electrons. The average Bonchev–Trinajstić information content (AvgIpc) is 2.34. The molecule has 1 aromatic heterocycles. The third kappa shape index (κ3) is 5.11. The Morgan fingerprint density at radius 3 is 2.68 bits per heavy atom. The molecule has 1 rings (SSSR count). The van der Waals surface area contributed by atoms with Crippen molar-refractivity contribution in [1.29, 1.82) is 0 Å². The molecule has 1 heterocycles. The van der Waals surface area contributed by atoms with E-state index in [0.717, 1.165) is 19.4 Å². The summed E-state index contributed by atoms with van der Waals surface area (Å²) < 4.78 is 0. The van der Waals surface area contributed by atoms with Crippen molar-refractivity contribution in [3.63, 3.8) is 0 Å². The topological polar surface area (TPSA) is 80.1 Å². The SMILES string of the molecule is CCNc1ccc([N+](=O)[O-])c(NCCCC(C)C)n1. The number of nitrogens with one attached hydrogen (secondary N) is 2. The summed E-state index contributed by atoms with van der Waals surface area (Å²) in [4.78, 5) is 14.8. The van der Waals surface area contributed by atoms with Crippen LogP contribution >= 0.6 is 0 Å². The average molecular weight is 266 g/mol. The molecule has 0 atom stereocenters. The minimum absolute atomic E-state index is 0.0196. The van der Waals surface area contributed by atoms with Gasteiger partial charge in [-0.05, 0) is 31.7 Å². The van der Waals surface area contributed by atoms with Gasteiger partial charge in [0, 0.05) is 19.2 Å². The first-order chi connectivity index (χ1) is 9.04.